The van der Waals surface area contributed by atoms with Crippen molar-refractivity contribution in [3.8, 4) is 0 Å². The fourth-order valence-corrected chi connectivity index (χ4v) is 1.51. The van der Waals surface area contributed by atoms with Gasteiger partial charge in [-0.15, -0.1) is 0 Å². The van der Waals surface area contributed by atoms with Crippen LogP contribution < -0.4 is 0 Å². The number of hydrogen-bond donors (Lipinski definition) is 1. The van der Waals surface area contributed by atoms with Crippen LogP contribution in [0, 0.1) is 0 Å². The summed E-state index contributed by atoms with van der Waals surface area (Å²) in [5.41, 5.74) is 0. The first-order valence-electron chi connectivity index (χ1n) is 2.89. The minimum Gasteiger partial charge on any atom is -0.388 e. The first-order valence-corrected chi connectivity index (χ1v) is 5.10. The summed E-state index contributed by atoms with van der Waals surface area (Å²) in [4.78, 5) is 0. The molecule has 1 atom stereocenters. The molecule has 8 heavy (non-hydrogen) atoms. The van der Waals surface area contributed by atoms with E-state index in [0.717, 1.165) is 12.2 Å². The van der Waals surface area contributed by atoms with E-state index in [1.165, 1.54) is 0 Å². The molecule has 0 rings (SSSR count). The molecule has 0 saturated carbocycles. The van der Waals surface area contributed by atoms with Gasteiger partial charge in [-0.2, -0.15) is 0 Å². The molecule has 1 nitrogen and oxygen atoms in total. The first kappa shape index (κ1) is 8.31. The molecule has 50 valence electrons. The molecule has 0 aliphatic carbocycles. The summed E-state index contributed by atoms with van der Waals surface area (Å²) in [7, 11) is 0.404. The molecule has 0 bridgehead atoms. The lowest BCUT2D eigenvalue weighted by atomic mass is 10.3. The van der Waals surface area contributed by atoms with Gasteiger partial charge >= 0.3 is 0 Å². The van der Waals surface area contributed by atoms with Gasteiger partial charge in [-0.3, -0.25) is 0 Å². The van der Waals surface area contributed by atoms with Gasteiger partial charge in [0.2, 0.25) is 0 Å². The van der Waals surface area contributed by atoms with E-state index in [4.69, 9.17) is 5.11 Å². The Bertz CT molecular complexity index is 54.5. The topological polar surface area (TPSA) is 20.2 Å². The molecule has 1 N–H and O–H groups in total. The lowest BCUT2D eigenvalue weighted by molar-refractivity contribution is 0.195. The van der Waals surface area contributed by atoms with Crippen molar-refractivity contribution >= 4 is 10.9 Å². The van der Waals surface area contributed by atoms with E-state index >= 15 is 0 Å². The van der Waals surface area contributed by atoms with Crippen molar-refractivity contribution in [2.45, 2.75) is 19.4 Å². The smallest absolute Gasteiger partial charge is 0.133 e. The average molecular weight is 135 g/mol. The van der Waals surface area contributed by atoms with Crippen molar-refractivity contribution in [3.05, 3.63) is 0 Å². The maximum Gasteiger partial charge on any atom is 0.133 e. The number of rotatable bonds is 3. The molecular weight excluding hydrogens is 120 g/mol. The van der Waals surface area contributed by atoms with Gasteiger partial charge < -0.3 is 5.11 Å². The van der Waals surface area contributed by atoms with Gasteiger partial charge in [0.05, 0.1) is 18.6 Å². The zero-order valence-corrected chi connectivity index (χ0v) is 6.66. The zero-order chi connectivity index (χ0) is 6.57. The quantitative estimate of drug-likeness (QED) is 0.563. The molecule has 0 aromatic rings. The van der Waals surface area contributed by atoms with E-state index in [2.05, 4.69) is 12.5 Å². The lowest BCUT2D eigenvalue weighted by Crippen LogP contribution is -2.17. The van der Waals surface area contributed by atoms with E-state index < -0.39 is 0 Å². The van der Waals surface area contributed by atoms with Gasteiger partial charge in [0.25, 0.3) is 0 Å². The molecule has 0 fully saturated rings. The van der Waals surface area contributed by atoms with Gasteiger partial charge in [0, 0.05) is 0 Å². The molecule has 0 radical (unpaired) electrons. The maximum atomic E-state index is 9.04. The number of aliphatic hydroxyl groups is 1. The summed E-state index contributed by atoms with van der Waals surface area (Å²) in [5, 5.41) is 9.04. The van der Waals surface area contributed by atoms with Gasteiger partial charge in [-0.05, 0) is 17.3 Å². The van der Waals surface area contributed by atoms with E-state index in [-0.39, 0.29) is 6.10 Å². The Kier molecular flexibility index (Phi) is 4.38. The molecule has 0 aliphatic heterocycles. The van der Waals surface area contributed by atoms with Crippen molar-refractivity contribution in [1.82, 2.24) is 0 Å². The van der Waals surface area contributed by atoms with Crippen LogP contribution in [0.15, 0.2) is 0 Å². The lowest BCUT2D eigenvalue weighted by Gasteiger charge is -2.02. The van der Waals surface area contributed by atoms with Crippen LogP contribution in [0.2, 0.25) is 0 Å². The molecule has 0 spiro atoms. The van der Waals surface area contributed by atoms with Crippen LogP contribution in [0.1, 0.15) is 13.3 Å². The highest BCUT2D eigenvalue weighted by molar-refractivity contribution is 7.95. The Morgan fingerprint density at radius 2 is 2.00 bits per heavy atom. The Morgan fingerprint density at radius 3 is 2.12 bits per heavy atom. The first-order chi connectivity index (χ1) is 3.66. The largest absolute Gasteiger partial charge is 0.388 e. The van der Waals surface area contributed by atoms with E-state index in [9.17, 15) is 0 Å². The molecule has 0 heterocycles. The van der Waals surface area contributed by atoms with Crippen LogP contribution in [0.4, 0.5) is 0 Å². The van der Waals surface area contributed by atoms with Gasteiger partial charge in [-0.1, -0.05) is 6.92 Å². The van der Waals surface area contributed by atoms with Crippen LogP contribution in [0.3, 0.4) is 0 Å². The van der Waals surface area contributed by atoms with Crippen LogP contribution in [0.5, 0.6) is 0 Å². The fourth-order valence-electron chi connectivity index (χ4n) is 0.503. The highest BCUT2D eigenvalue weighted by Gasteiger charge is 2.09. The molecule has 0 saturated heterocycles. The Morgan fingerprint density at radius 1 is 1.50 bits per heavy atom. The molecule has 0 aromatic heterocycles. The molecule has 0 aliphatic rings. The van der Waals surface area contributed by atoms with Crippen LogP contribution in [0.25, 0.3) is 0 Å². The third-order valence-electron chi connectivity index (χ3n) is 0.997. The van der Waals surface area contributed by atoms with Crippen molar-refractivity contribution < 1.29 is 5.11 Å². The van der Waals surface area contributed by atoms with Gasteiger partial charge in [0.1, 0.15) is 5.75 Å². The summed E-state index contributed by atoms with van der Waals surface area (Å²) >= 11 is 0. The van der Waals surface area contributed by atoms with Gasteiger partial charge in [-0.25, -0.2) is 0 Å². The summed E-state index contributed by atoms with van der Waals surface area (Å²) in [6.07, 6.45) is 5.14. The standard InChI is InChI=1S/C6H15OS/c1-4-6(7)5-8(2)3/h6-7H,4-5H2,1-3H3/q+1. The minimum atomic E-state index is -0.0617. The van der Waals surface area contributed by atoms with Crippen LogP contribution >= 0.6 is 0 Å². The van der Waals surface area contributed by atoms with Gasteiger partial charge in [0.15, 0.2) is 0 Å². The summed E-state index contributed by atoms with van der Waals surface area (Å²) < 4.78 is 0. The number of aliphatic hydroxyl groups excluding tert-OH is 1. The second-order valence-corrected chi connectivity index (χ2v) is 4.52. The van der Waals surface area contributed by atoms with Crippen molar-refractivity contribution in [1.29, 1.82) is 0 Å². The Balaban J connectivity index is 3.10. The highest BCUT2D eigenvalue weighted by Crippen LogP contribution is 1.94. The second-order valence-electron chi connectivity index (χ2n) is 2.21. The highest BCUT2D eigenvalue weighted by atomic mass is 32.2. The SMILES string of the molecule is CCC(O)C[S+](C)C. The van der Waals surface area contributed by atoms with E-state index in [1.54, 1.807) is 0 Å². The Hall–Kier alpha value is 0.310. The van der Waals surface area contributed by atoms with Crippen LogP contribution in [-0.2, 0) is 10.9 Å². The summed E-state index contributed by atoms with van der Waals surface area (Å²) in [6.45, 7) is 2.01. The normalized spacial score (nSPS) is 14.6. The Labute approximate surface area is 54.4 Å². The van der Waals surface area contributed by atoms with E-state index in [0.29, 0.717) is 10.9 Å². The average Bonchev–Trinajstić information content (AvgIpc) is 1.65. The second kappa shape index (κ2) is 4.21. The molecule has 1 unspecified atom stereocenters. The van der Waals surface area contributed by atoms with Crippen molar-refractivity contribution in [2.75, 3.05) is 18.3 Å². The van der Waals surface area contributed by atoms with Crippen molar-refractivity contribution in [2.24, 2.45) is 0 Å². The molecular formula is C6H15OS+. The van der Waals surface area contributed by atoms with Crippen molar-refractivity contribution in [3.63, 3.8) is 0 Å². The zero-order valence-electron chi connectivity index (χ0n) is 5.85. The third kappa shape index (κ3) is 4.47. The predicted octanol–water partition coefficient (Wildman–Crippen LogP) is 0.635. The molecule has 0 aromatic carbocycles. The maximum absolute atomic E-state index is 9.04. The minimum absolute atomic E-state index is 0.0617. The molecule has 0 amide bonds. The van der Waals surface area contributed by atoms with Crippen LogP contribution in [-0.4, -0.2) is 29.5 Å². The summed E-state index contributed by atoms with van der Waals surface area (Å²) in [6, 6.07) is 0. The predicted molar refractivity (Wildman–Crippen MR) is 40.4 cm³/mol. The fraction of sp³-hybridized carbons (Fsp3) is 1.00. The van der Waals surface area contributed by atoms with E-state index in [1.807, 2.05) is 6.92 Å². The monoisotopic (exact) mass is 135 g/mol. The summed E-state index contributed by atoms with van der Waals surface area (Å²) in [5.74, 6) is 0.969. The third-order valence-corrected chi connectivity index (χ3v) is 2.05. The molecule has 2 heteroatoms. The number of hydrogen-bond acceptors (Lipinski definition) is 1.